The summed E-state index contributed by atoms with van der Waals surface area (Å²) < 4.78 is 0. The normalized spacial score (nSPS) is 16.6. The Hall–Kier alpha value is -1.18. The van der Waals surface area contributed by atoms with Crippen LogP contribution in [0, 0.1) is 10.8 Å². The van der Waals surface area contributed by atoms with Gasteiger partial charge in [-0.15, -0.1) is 6.58 Å². The molecule has 0 bridgehead atoms. The third-order valence-corrected chi connectivity index (χ3v) is 4.45. The quantitative estimate of drug-likeness (QED) is 0.398. The summed E-state index contributed by atoms with van der Waals surface area (Å²) in [5.74, 6) is 0. The molecule has 0 aromatic rings. The van der Waals surface area contributed by atoms with Crippen molar-refractivity contribution in [3.8, 4) is 0 Å². The molecule has 2 unspecified atom stereocenters. The van der Waals surface area contributed by atoms with Gasteiger partial charge in [0.25, 0.3) is 0 Å². The van der Waals surface area contributed by atoms with E-state index in [4.69, 9.17) is 0 Å². The van der Waals surface area contributed by atoms with Crippen LogP contribution < -0.4 is 0 Å². The maximum Gasteiger partial charge on any atom is 0.127 e. The summed E-state index contributed by atoms with van der Waals surface area (Å²) in [7, 11) is 0. The van der Waals surface area contributed by atoms with Crippen LogP contribution in [0.3, 0.4) is 0 Å². The van der Waals surface area contributed by atoms with Crippen LogP contribution in [0.4, 0.5) is 0 Å². The van der Waals surface area contributed by atoms with E-state index < -0.39 is 5.41 Å². The molecule has 0 amide bonds. The van der Waals surface area contributed by atoms with Crippen molar-refractivity contribution in [3.63, 3.8) is 0 Å². The van der Waals surface area contributed by atoms with Crippen LogP contribution >= 0.6 is 0 Å². The van der Waals surface area contributed by atoms with Gasteiger partial charge in [0.15, 0.2) is 0 Å². The van der Waals surface area contributed by atoms with Gasteiger partial charge in [-0.3, -0.25) is 0 Å². The van der Waals surface area contributed by atoms with E-state index in [9.17, 15) is 9.59 Å². The SMILES string of the molecule is C=CC(C)(CCC=C(C)C)C(C=O)(CC=O)CCCC. The van der Waals surface area contributed by atoms with Crippen LogP contribution in [0.1, 0.15) is 66.2 Å². The Morgan fingerprint density at radius 1 is 1.20 bits per heavy atom. The Labute approximate surface area is 124 Å². The summed E-state index contributed by atoms with van der Waals surface area (Å²) in [6, 6.07) is 0. The summed E-state index contributed by atoms with van der Waals surface area (Å²) in [5.41, 5.74) is 0.329. The van der Waals surface area contributed by atoms with Crippen molar-refractivity contribution in [2.75, 3.05) is 0 Å². The predicted molar refractivity (Wildman–Crippen MR) is 85.7 cm³/mol. The summed E-state index contributed by atoms with van der Waals surface area (Å²) in [5, 5.41) is 0. The maximum atomic E-state index is 11.8. The fourth-order valence-electron chi connectivity index (χ4n) is 2.72. The van der Waals surface area contributed by atoms with Crippen LogP contribution in [0.15, 0.2) is 24.3 Å². The lowest BCUT2D eigenvalue weighted by Gasteiger charge is -2.43. The number of carbonyl (C=O) groups is 2. The van der Waals surface area contributed by atoms with E-state index >= 15 is 0 Å². The highest BCUT2D eigenvalue weighted by molar-refractivity contribution is 5.68. The number of hydrogen-bond donors (Lipinski definition) is 0. The molecule has 0 aromatic carbocycles. The van der Waals surface area contributed by atoms with E-state index in [0.29, 0.717) is 0 Å². The van der Waals surface area contributed by atoms with Crippen LogP contribution in [-0.4, -0.2) is 12.6 Å². The Morgan fingerprint density at radius 3 is 2.25 bits per heavy atom. The van der Waals surface area contributed by atoms with Gasteiger partial charge in [-0.2, -0.15) is 0 Å². The van der Waals surface area contributed by atoms with Crippen LogP contribution in [-0.2, 0) is 9.59 Å². The average Bonchev–Trinajstić information content (AvgIpc) is 2.42. The number of carbonyl (C=O) groups excluding carboxylic acids is 2. The molecule has 0 saturated heterocycles. The fraction of sp³-hybridized carbons (Fsp3) is 0.667. The van der Waals surface area contributed by atoms with Gasteiger partial charge in [0, 0.05) is 11.8 Å². The highest BCUT2D eigenvalue weighted by atomic mass is 16.1. The second-order valence-electron chi connectivity index (χ2n) is 6.19. The van der Waals surface area contributed by atoms with Crippen molar-refractivity contribution in [1.82, 2.24) is 0 Å². The van der Waals surface area contributed by atoms with Gasteiger partial charge in [-0.25, -0.2) is 0 Å². The molecule has 2 atom stereocenters. The zero-order valence-corrected chi connectivity index (χ0v) is 13.6. The summed E-state index contributed by atoms with van der Waals surface area (Å²) in [4.78, 5) is 22.9. The van der Waals surface area contributed by atoms with Crippen molar-refractivity contribution in [3.05, 3.63) is 24.3 Å². The van der Waals surface area contributed by atoms with Gasteiger partial charge in [-0.05, 0) is 38.5 Å². The molecule has 0 aliphatic carbocycles. The fourth-order valence-corrected chi connectivity index (χ4v) is 2.72. The lowest BCUT2D eigenvalue weighted by molar-refractivity contribution is -0.127. The van der Waals surface area contributed by atoms with Crippen LogP contribution in [0.25, 0.3) is 0 Å². The Bertz CT molecular complexity index is 352. The molecule has 0 radical (unpaired) electrons. The van der Waals surface area contributed by atoms with Crippen molar-refractivity contribution >= 4 is 12.6 Å². The zero-order chi connectivity index (χ0) is 15.6. The zero-order valence-electron chi connectivity index (χ0n) is 13.6. The van der Waals surface area contributed by atoms with Crippen LogP contribution in [0.5, 0.6) is 0 Å². The number of unbranched alkanes of at least 4 members (excludes halogenated alkanes) is 1. The molecular weight excluding hydrogens is 248 g/mol. The van der Waals surface area contributed by atoms with Crippen LogP contribution in [0.2, 0.25) is 0 Å². The van der Waals surface area contributed by atoms with Gasteiger partial charge in [0.05, 0.1) is 0 Å². The molecule has 2 nitrogen and oxygen atoms in total. The first-order valence-electron chi connectivity index (χ1n) is 7.58. The lowest BCUT2D eigenvalue weighted by Crippen LogP contribution is -2.40. The average molecular weight is 278 g/mol. The topological polar surface area (TPSA) is 34.1 Å². The minimum Gasteiger partial charge on any atom is -0.303 e. The van der Waals surface area contributed by atoms with Crippen molar-refractivity contribution < 1.29 is 9.59 Å². The van der Waals surface area contributed by atoms with E-state index in [-0.39, 0.29) is 11.8 Å². The molecule has 114 valence electrons. The molecule has 0 fully saturated rings. The Kier molecular flexibility index (Phi) is 8.36. The number of rotatable bonds is 11. The first-order valence-corrected chi connectivity index (χ1v) is 7.58. The second kappa shape index (κ2) is 8.89. The highest BCUT2D eigenvalue weighted by Crippen LogP contribution is 2.48. The maximum absolute atomic E-state index is 11.8. The molecule has 20 heavy (non-hydrogen) atoms. The van der Waals surface area contributed by atoms with Crippen molar-refractivity contribution in [2.45, 2.75) is 66.2 Å². The van der Waals surface area contributed by atoms with E-state index in [0.717, 1.165) is 44.7 Å². The van der Waals surface area contributed by atoms with Gasteiger partial charge < -0.3 is 9.59 Å². The summed E-state index contributed by atoms with van der Waals surface area (Å²) in [6.07, 6.45) is 10.7. The Morgan fingerprint density at radius 2 is 1.85 bits per heavy atom. The third kappa shape index (κ3) is 4.73. The first-order chi connectivity index (χ1) is 9.41. The number of hydrogen-bond acceptors (Lipinski definition) is 2. The second-order valence-corrected chi connectivity index (χ2v) is 6.19. The molecule has 0 aliphatic rings. The molecule has 0 rings (SSSR count). The minimum atomic E-state index is -0.609. The summed E-state index contributed by atoms with van der Waals surface area (Å²) >= 11 is 0. The van der Waals surface area contributed by atoms with E-state index in [1.165, 1.54) is 5.57 Å². The summed E-state index contributed by atoms with van der Waals surface area (Å²) in [6.45, 7) is 12.2. The van der Waals surface area contributed by atoms with Gasteiger partial charge in [-0.1, -0.05) is 44.4 Å². The molecule has 2 heteroatoms. The molecule has 0 aliphatic heterocycles. The monoisotopic (exact) mass is 278 g/mol. The molecule has 0 N–H and O–H groups in total. The minimum absolute atomic E-state index is 0.286. The first kappa shape index (κ1) is 18.8. The van der Waals surface area contributed by atoms with Crippen molar-refractivity contribution in [1.29, 1.82) is 0 Å². The highest BCUT2D eigenvalue weighted by Gasteiger charge is 2.44. The molecule has 0 spiro atoms. The predicted octanol–water partition coefficient (Wildman–Crippen LogP) is 4.89. The largest absolute Gasteiger partial charge is 0.303 e. The van der Waals surface area contributed by atoms with Gasteiger partial charge in [0.2, 0.25) is 0 Å². The van der Waals surface area contributed by atoms with Gasteiger partial charge in [0.1, 0.15) is 12.6 Å². The molecular formula is C18H30O2. The molecule has 0 aromatic heterocycles. The van der Waals surface area contributed by atoms with E-state index in [1.807, 2.05) is 6.08 Å². The third-order valence-electron chi connectivity index (χ3n) is 4.45. The lowest BCUT2D eigenvalue weighted by atomic mass is 9.59. The van der Waals surface area contributed by atoms with E-state index in [1.54, 1.807) is 0 Å². The van der Waals surface area contributed by atoms with Gasteiger partial charge >= 0.3 is 0 Å². The molecule has 0 heterocycles. The number of aldehydes is 2. The Balaban J connectivity index is 5.31. The smallest absolute Gasteiger partial charge is 0.127 e. The molecule has 0 saturated carbocycles. The van der Waals surface area contributed by atoms with E-state index in [2.05, 4.69) is 40.3 Å². The standard InChI is InChI=1S/C18H30O2/c1-6-8-12-18(15-20,13-14-19)17(5,7-2)11-9-10-16(3)4/h7,10,14-15H,2,6,8-9,11-13H2,1,3-5H3. The number of allylic oxidation sites excluding steroid dienone is 3. The van der Waals surface area contributed by atoms with Crippen molar-refractivity contribution in [2.24, 2.45) is 10.8 Å².